The van der Waals surface area contributed by atoms with E-state index in [1.54, 1.807) is 6.26 Å². The minimum atomic E-state index is 0. The third-order valence-corrected chi connectivity index (χ3v) is 5.40. The zero-order valence-corrected chi connectivity index (χ0v) is 21.0. The van der Waals surface area contributed by atoms with Crippen LogP contribution in [0.3, 0.4) is 0 Å². The van der Waals surface area contributed by atoms with Crippen molar-refractivity contribution < 1.29 is 13.9 Å². The second-order valence-electron chi connectivity index (χ2n) is 7.74. The Hall–Kier alpha value is -3.27. The molecule has 0 aliphatic carbocycles. The number of guanidine groups is 1. The average Bonchev–Trinajstić information content (AvgIpc) is 3.26. The van der Waals surface area contributed by atoms with Crippen LogP contribution in [0.25, 0.3) is 10.8 Å². The molecule has 7 nitrogen and oxygen atoms in total. The molecule has 0 unspecified atom stereocenters. The van der Waals surface area contributed by atoms with Gasteiger partial charge in [-0.05, 0) is 35.7 Å². The van der Waals surface area contributed by atoms with Crippen molar-refractivity contribution in [3.63, 3.8) is 0 Å². The summed E-state index contributed by atoms with van der Waals surface area (Å²) in [5.74, 6) is 3.09. The van der Waals surface area contributed by atoms with Crippen molar-refractivity contribution >= 4 is 46.4 Å². The number of halogens is 1. The molecule has 2 aromatic carbocycles. The van der Waals surface area contributed by atoms with Gasteiger partial charge in [0.1, 0.15) is 5.76 Å². The molecule has 0 fully saturated rings. The first kappa shape index (κ1) is 23.9. The number of benzene rings is 2. The number of fused-ring (bicyclic) bond motifs is 2. The highest BCUT2D eigenvalue weighted by atomic mass is 127. The SMILES string of the molecule is I.c1coc(CCNC(=NCc2nccc3ccccc23)Nc2ccc3c(c2)OCCCO3)c1. The summed E-state index contributed by atoms with van der Waals surface area (Å²) in [5, 5.41) is 9.05. The van der Waals surface area contributed by atoms with E-state index < -0.39 is 0 Å². The van der Waals surface area contributed by atoms with Crippen LogP contribution >= 0.6 is 24.0 Å². The van der Waals surface area contributed by atoms with Crippen LogP contribution in [0.2, 0.25) is 0 Å². The minimum Gasteiger partial charge on any atom is -0.490 e. The number of rotatable bonds is 6. The summed E-state index contributed by atoms with van der Waals surface area (Å²) in [7, 11) is 0. The Morgan fingerprint density at radius 3 is 2.74 bits per heavy atom. The molecule has 34 heavy (non-hydrogen) atoms. The summed E-state index contributed by atoms with van der Waals surface area (Å²) in [6.07, 6.45) is 5.14. The summed E-state index contributed by atoms with van der Waals surface area (Å²) in [4.78, 5) is 9.38. The number of aliphatic imine (C=N–C) groups is 1. The maximum Gasteiger partial charge on any atom is 0.196 e. The van der Waals surface area contributed by atoms with Gasteiger partial charge in [-0.3, -0.25) is 4.98 Å². The van der Waals surface area contributed by atoms with Gasteiger partial charge in [-0.2, -0.15) is 0 Å². The van der Waals surface area contributed by atoms with Gasteiger partial charge in [-0.1, -0.05) is 24.3 Å². The summed E-state index contributed by atoms with van der Waals surface area (Å²) < 4.78 is 17.0. The molecule has 0 atom stereocenters. The van der Waals surface area contributed by atoms with Gasteiger partial charge in [0.2, 0.25) is 0 Å². The number of nitrogens with one attached hydrogen (secondary N) is 2. The lowest BCUT2D eigenvalue weighted by Gasteiger charge is -2.14. The van der Waals surface area contributed by atoms with Gasteiger partial charge in [0.25, 0.3) is 0 Å². The molecule has 0 radical (unpaired) electrons. The highest BCUT2D eigenvalue weighted by Gasteiger charge is 2.12. The Morgan fingerprint density at radius 1 is 0.971 bits per heavy atom. The van der Waals surface area contributed by atoms with Gasteiger partial charge in [0, 0.05) is 42.7 Å². The van der Waals surface area contributed by atoms with Crippen molar-refractivity contribution in [2.75, 3.05) is 25.1 Å². The number of hydrogen-bond donors (Lipinski definition) is 2. The fourth-order valence-electron chi connectivity index (χ4n) is 3.74. The van der Waals surface area contributed by atoms with E-state index in [-0.39, 0.29) is 24.0 Å². The number of hydrogen-bond acceptors (Lipinski definition) is 5. The zero-order valence-electron chi connectivity index (χ0n) is 18.7. The fourth-order valence-corrected chi connectivity index (χ4v) is 3.74. The van der Waals surface area contributed by atoms with Gasteiger partial charge in [-0.15, -0.1) is 24.0 Å². The Kier molecular flexibility index (Phi) is 8.24. The lowest BCUT2D eigenvalue weighted by atomic mass is 10.1. The van der Waals surface area contributed by atoms with Crippen LogP contribution in [0, 0.1) is 0 Å². The first-order chi connectivity index (χ1) is 16.3. The number of aromatic nitrogens is 1. The molecule has 1 aliphatic heterocycles. The van der Waals surface area contributed by atoms with Gasteiger partial charge in [0.05, 0.1) is 31.7 Å². The molecular formula is C26H27IN4O3. The molecule has 0 spiro atoms. The molecule has 0 saturated heterocycles. The molecular weight excluding hydrogens is 543 g/mol. The molecule has 2 N–H and O–H groups in total. The third-order valence-electron chi connectivity index (χ3n) is 5.40. The highest BCUT2D eigenvalue weighted by Crippen LogP contribution is 2.32. The maximum absolute atomic E-state index is 5.83. The topological polar surface area (TPSA) is 80.9 Å². The number of nitrogens with zero attached hydrogens (tertiary/aromatic N) is 2. The monoisotopic (exact) mass is 570 g/mol. The maximum atomic E-state index is 5.83. The normalized spacial score (nSPS) is 13.1. The predicted molar refractivity (Wildman–Crippen MR) is 144 cm³/mol. The highest BCUT2D eigenvalue weighted by molar-refractivity contribution is 14.0. The van der Waals surface area contributed by atoms with Crippen molar-refractivity contribution in [2.24, 2.45) is 4.99 Å². The third kappa shape index (κ3) is 5.99. The van der Waals surface area contributed by atoms with Gasteiger partial charge in [-0.25, -0.2) is 4.99 Å². The first-order valence-electron chi connectivity index (χ1n) is 11.2. The van der Waals surface area contributed by atoms with Gasteiger partial charge in [0.15, 0.2) is 17.5 Å². The van der Waals surface area contributed by atoms with Crippen molar-refractivity contribution in [3.8, 4) is 11.5 Å². The predicted octanol–water partition coefficient (Wildman–Crippen LogP) is 5.41. The van der Waals surface area contributed by atoms with Crippen LogP contribution in [0.4, 0.5) is 5.69 Å². The van der Waals surface area contributed by atoms with E-state index in [9.17, 15) is 0 Å². The van der Waals surface area contributed by atoms with Crippen LogP contribution < -0.4 is 20.1 Å². The van der Waals surface area contributed by atoms with Crippen molar-refractivity contribution in [1.82, 2.24) is 10.3 Å². The minimum absolute atomic E-state index is 0. The zero-order chi connectivity index (χ0) is 22.3. The number of ether oxygens (including phenoxy) is 2. The van der Waals surface area contributed by atoms with E-state index in [0.29, 0.717) is 32.3 Å². The molecule has 176 valence electrons. The Labute approximate surface area is 215 Å². The molecule has 1 aliphatic rings. The second kappa shape index (κ2) is 11.7. The Morgan fingerprint density at radius 2 is 1.85 bits per heavy atom. The Bertz CT molecular complexity index is 1240. The summed E-state index contributed by atoms with van der Waals surface area (Å²) in [6, 6.07) is 19.9. The second-order valence-corrected chi connectivity index (χ2v) is 7.74. The quantitative estimate of drug-likeness (QED) is 0.184. The van der Waals surface area contributed by atoms with E-state index in [2.05, 4.69) is 27.8 Å². The molecule has 4 aromatic rings. The summed E-state index contributed by atoms with van der Waals surface area (Å²) in [5.41, 5.74) is 1.80. The van der Waals surface area contributed by atoms with E-state index in [4.69, 9.17) is 18.9 Å². The number of pyridine rings is 1. The molecule has 2 aromatic heterocycles. The largest absolute Gasteiger partial charge is 0.490 e. The lowest BCUT2D eigenvalue weighted by molar-refractivity contribution is 0.297. The first-order valence-corrected chi connectivity index (χ1v) is 11.2. The van der Waals surface area contributed by atoms with Crippen molar-refractivity contribution in [2.45, 2.75) is 19.4 Å². The van der Waals surface area contributed by atoms with E-state index in [1.165, 1.54) is 0 Å². The van der Waals surface area contributed by atoms with Crippen LogP contribution in [-0.2, 0) is 13.0 Å². The van der Waals surface area contributed by atoms with E-state index >= 15 is 0 Å². The fraction of sp³-hybridized carbons (Fsp3) is 0.231. The standard InChI is InChI=1S/C26H26N4O3.HI/c1-2-7-22-19(5-1)10-12-27-23(22)18-29-26(28-13-11-21-6-3-14-31-21)30-20-8-9-24-25(17-20)33-16-4-15-32-24;/h1-3,5-10,12,14,17H,4,11,13,15-16,18H2,(H2,28,29,30);1H. The van der Waals surface area contributed by atoms with E-state index in [1.807, 2.05) is 54.7 Å². The van der Waals surface area contributed by atoms with E-state index in [0.717, 1.165) is 52.3 Å². The molecule has 5 rings (SSSR count). The lowest BCUT2D eigenvalue weighted by Crippen LogP contribution is -2.32. The Balaban J connectivity index is 0.00000274. The summed E-state index contributed by atoms with van der Waals surface area (Å²) in [6.45, 7) is 2.43. The van der Waals surface area contributed by atoms with Gasteiger partial charge < -0.3 is 24.5 Å². The molecule has 3 heterocycles. The van der Waals surface area contributed by atoms with Crippen LogP contribution in [0.1, 0.15) is 17.9 Å². The van der Waals surface area contributed by atoms with Crippen LogP contribution in [0.15, 0.2) is 82.5 Å². The van der Waals surface area contributed by atoms with Crippen LogP contribution in [0.5, 0.6) is 11.5 Å². The van der Waals surface area contributed by atoms with Gasteiger partial charge >= 0.3 is 0 Å². The molecule has 0 amide bonds. The average molecular weight is 570 g/mol. The smallest absolute Gasteiger partial charge is 0.196 e. The number of anilines is 1. The molecule has 8 heteroatoms. The molecule has 0 saturated carbocycles. The van der Waals surface area contributed by atoms with Crippen molar-refractivity contribution in [1.29, 1.82) is 0 Å². The summed E-state index contributed by atoms with van der Waals surface area (Å²) >= 11 is 0. The van der Waals surface area contributed by atoms with Crippen LogP contribution in [-0.4, -0.2) is 30.7 Å². The molecule has 0 bridgehead atoms. The van der Waals surface area contributed by atoms with Crippen molar-refractivity contribution in [3.05, 3.63) is 84.6 Å². The number of furan rings is 1.